The van der Waals surface area contributed by atoms with Crippen LogP contribution in [-0.2, 0) is 0 Å². The summed E-state index contributed by atoms with van der Waals surface area (Å²) in [5, 5.41) is 8.28. The second-order valence-electron chi connectivity index (χ2n) is 2.50. The predicted molar refractivity (Wildman–Crippen MR) is 25.4 cm³/mol. The van der Waals surface area contributed by atoms with Crippen molar-refractivity contribution in [3.63, 3.8) is 0 Å². The Kier molecular flexibility index (Phi) is 4.22. The van der Waals surface area contributed by atoms with Gasteiger partial charge in [-0.2, -0.15) is 5.48 Å². The van der Waals surface area contributed by atoms with Gasteiger partial charge in [0.05, 0.1) is 0 Å². The molecule has 46 valence electrons. The number of hydrogen-bond acceptors (Lipinski definition) is 2. The van der Waals surface area contributed by atoms with Crippen LogP contribution in [-0.4, -0.2) is 16.2 Å². The van der Waals surface area contributed by atoms with Gasteiger partial charge in [0.25, 0.3) is 0 Å². The van der Waals surface area contributed by atoms with Crippen LogP contribution < -0.4 is 5.48 Å². The Bertz CT molecular complexity index is 39.4. The van der Waals surface area contributed by atoms with Gasteiger partial charge >= 0.3 is 0 Å². The fourth-order valence-corrected chi connectivity index (χ4v) is 0. The topological polar surface area (TPSA) is 66.8 Å². The summed E-state index contributed by atoms with van der Waals surface area (Å²) >= 11 is 0. The molecule has 3 nitrogen and oxygen atoms in total. The first-order chi connectivity index (χ1) is 2.56. The number of quaternary nitrogens is 1. The molecule has 0 unspecified atom stereocenters. The van der Waals surface area contributed by atoms with Gasteiger partial charge in [0.1, 0.15) is 5.54 Å². The van der Waals surface area contributed by atoms with Crippen molar-refractivity contribution in [3.05, 3.63) is 0 Å². The second kappa shape index (κ2) is 2.96. The highest BCUT2D eigenvalue weighted by Gasteiger charge is 2.09. The molecular weight excluding hydrogens is 94.0 g/mol. The minimum Gasteiger partial charge on any atom is -0.870 e. The highest BCUT2D eigenvalue weighted by atomic mass is 16.5. The van der Waals surface area contributed by atoms with Crippen LogP contribution in [0.25, 0.3) is 0 Å². The van der Waals surface area contributed by atoms with Gasteiger partial charge in [-0.1, -0.05) is 0 Å². The van der Waals surface area contributed by atoms with E-state index in [9.17, 15) is 0 Å². The van der Waals surface area contributed by atoms with Crippen molar-refractivity contribution in [2.24, 2.45) is 0 Å². The molecule has 0 rings (SSSR count). The van der Waals surface area contributed by atoms with Crippen LogP contribution in [0.3, 0.4) is 0 Å². The molecular formula is C4H13NO2. The number of nitrogens with two attached hydrogens (primary N) is 1. The minimum atomic E-state index is -0.0278. The van der Waals surface area contributed by atoms with Crippen molar-refractivity contribution in [1.82, 2.24) is 0 Å². The third-order valence-electron chi connectivity index (χ3n) is 0.387. The Morgan fingerprint density at radius 1 is 1.29 bits per heavy atom. The van der Waals surface area contributed by atoms with E-state index in [4.69, 9.17) is 5.21 Å². The quantitative estimate of drug-likeness (QED) is 0.412. The lowest BCUT2D eigenvalue weighted by molar-refractivity contribution is -0.929. The molecule has 4 N–H and O–H groups in total. The van der Waals surface area contributed by atoms with E-state index in [-0.39, 0.29) is 11.0 Å². The summed E-state index contributed by atoms with van der Waals surface area (Å²) in [7, 11) is 0. The lowest BCUT2D eigenvalue weighted by Crippen LogP contribution is -2.91. The normalized spacial score (nSPS) is 10.3. The Morgan fingerprint density at radius 2 is 1.43 bits per heavy atom. The van der Waals surface area contributed by atoms with Gasteiger partial charge < -0.3 is 5.48 Å². The van der Waals surface area contributed by atoms with Gasteiger partial charge in [-0.15, -0.1) is 0 Å². The molecule has 0 aliphatic carbocycles. The molecule has 0 amide bonds. The maximum Gasteiger partial charge on any atom is 0.117 e. The Hall–Kier alpha value is -0.120. The second-order valence-corrected chi connectivity index (χ2v) is 2.50. The Morgan fingerprint density at radius 3 is 1.43 bits per heavy atom. The van der Waals surface area contributed by atoms with Gasteiger partial charge in [-0.3, -0.25) is 0 Å². The van der Waals surface area contributed by atoms with E-state index in [1.54, 1.807) is 0 Å². The summed E-state index contributed by atoms with van der Waals surface area (Å²) in [5.74, 6) is 0. The van der Waals surface area contributed by atoms with Crippen LogP contribution in [0.4, 0.5) is 0 Å². The molecule has 0 aliphatic heterocycles. The largest absolute Gasteiger partial charge is 0.870 e. The van der Waals surface area contributed by atoms with Crippen molar-refractivity contribution in [3.8, 4) is 0 Å². The fourth-order valence-electron chi connectivity index (χ4n) is 0. The molecule has 0 saturated carbocycles. The van der Waals surface area contributed by atoms with Crippen LogP contribution >= 0.6 is 0 Å². The van der Waals surface area contributed by atoms with Gasteiger partial charge in [0.2, 0.25) is 0 Å². The Balaban J connectivity index is 0. The van der Waals surface area contributed by atoms with Gasteiger partial charge in [-0.25, -0.2) is 5.21 Å². The van der Waals surface area contributed by atoms with Crippen molar-refractivity contribution in [2.75, 3.05) is 0 Å². The molecule has 0 aromatic carbocycles. The fraction of sp³-hybridized carbons (Fsp3) is 1.00. The van der Waals surface area contributed by atoms with Crippen LogP contribution in [0.1, 0.15) is 20.8 Å². The van der Waals surface area contributed by atoms with Crippen LogP contribution in [0.5, 0.6) is 0 Å². The van der Waals surface area contributed by atoms with Crippen molar-refractivity contribution >= 4 is 0 Å². The van der Waals surface area contributed by atoms with Gasteiger partial charge in [0.15, 0.2) is 0 Å². The van der Waals surface area contributed by atoms with Crippen LogP contribution in [0, 0.1) is 0 Å². The van der Waals surface area contributed by atoms with Crippen molar-refractivity contribution in [1.29, 1.82) is 0 Å². The first kappa shape index (κ1) is 9.99. The first-order valence-corrected chi connectivity index (χ1v) is 2.05. The zero-order chi connectivity index (χ0) is 5.21. The summed E-state index contributed by atoms with van der Waals surface area (Å²) in [6.07, 6.45) is 0. The molecule has 0 aromatic rings. The molecule has 3 heteroatoms. The summed E-state index contributed by atoms with van der Waals surface area (Å²) in [6, 6.07) is 0. The van der Waals surface area contributed by atoms with Crippen LogP contribution in [0.15, 0.2) is 0 Å². The van der Waals surface area contributed by atoms with Gasteiger partial charge in [-0.05, 0) is 20.8 Å². The predicted octanol–water partition coefficient (Wildman–Crippen LogP) is -0.439. The third kappa shape index (κ3) is 10.7. The summed E-state index contributed by atoms with van der Waals surface area (Å²) in [4.78, 5) is 0. The molecule has 0 aromatic heterocycles. The van der Waals surface area contributed by atoms with E-state index in [0.29, 0.717) is 0 Å². The van der Waals surface area contributed by atoms with Crippen molar-refractivity contribution in [2.45, 2.75) is 26.3 Å². The lowest BCUT2D eigenvalue weighted by Gasteiger charge is -2.08. The highest BCUT2D eigenvalue weighted by molar-refractivity contribution is 4.48. The smallest absolute Gasteiger partial charge is 0.117 e. The molecule has 0 radical (unpaired) electrons. The average molecular weight is 107 g/mol. The SMILES string of the molecule is CC(C)(C)[NH2+]O.[OH-]. The van der Waals surface area contributed by atoms with E-state index in [2.05, 4.69) is 0 Å². The highest BCUT2D eigenvalue weighted by Crippen LogP contribution is 1.85. The molecule has 0 saturated heterocycles. The molecule has 0 bridgehead atoms. The third-order valence-corrected chi connectivity index (χ3v) is 0.387. The number of rotatable bonds is 0. The molecule has 7 heavy (non-hydrogen) atoms. The molecule has 0 aliphatic rings. The Labute approximate surface area is 43.6 Å². The maximum absolute atomic E-state index is 8.28. The zero-order valence-corrected chi connectivity index (χ0v) is 4.97. The van der Waals surface area contributed by atoms with Gasteiger partial charge in [0, 0.05) is 0 Å². The monoisotopic (exact) mass is 107 g/mol. The number of hydroxylamine groups is 1. The van der Waals surface area contributed by atoms with Crippen molar-refractivity contribution < 1.29 is 16.2 Å². The average Bonchev–Trinajstić information content (AvgIpc) is 1.35. The lowest BCUT2D eigenvalue weighted by atomic mass is 10.1. The standard InChI is InChI=1S/C4H11NO.H2O/c1-4(2,3)5-6;/h5-6H,1-3H3;1H2. The summed E-state index contributed by atoms with van der Waals surface area (Å²) in [5.41, 5.74) is 1.16. The number of hydrogen-bond donors (Lipinski definition) is 2. The minimum absolute atomic E-state index is 0. The molecule has 0 fully saturated rings. The summed E-state index contributed by atoms with van der Waals surface area (Å²) in [6.45, 7) is 5.81. The summed E-state index contributed by atoms with van der Waals surface area (Å²) < 4.78 is 0. The zero-order valence-electron chi connectivity index (χ0n) is 4.97. The molecule has 0 heterocycles. The van der Waals surface area contributed by atoms with E-state index in [1.165, 1.54) is 5.48 Å². The van der Waals surface area contributed by atoms with E-state index < -0.39 is 0 Å². The van der Waals surface area contributed by atoms with E-state index >= 15 is 0 Å². The van der Waals surface area contributed by atoms with E-state index in [0.717, 1.165) is 0 Å². The van der Waals surface area contributed by atoms with E-state index in [1.807, 2.05) is 20.8 Å². The molecule has 0 atom stereocenters. The first-order valence-electron chi connectivity index (χ1n) is 2.05. The molecule has 0 spiro atoms. The maximum atomic E-state index is 8.28. The van der Waals surface area contributed by atoms with Crippen LogP contribution in [0.2, 0.25) is 0 Å².